The van der Waals surface area contributed by atoms with Crippen LogP contribution in [-0.2, 0) is 26.6 Å². The number of nitrogens with zero attached hydrogens (tertiary/aromatic N) is 2. The third kappa shape index (κ3) is 7.73. The van der Waals surface area contributed by atoms with Gasteiger partial charge >= 0.3 is 12.4 Å². The van der Waals surface area contributed by atoms with Gasteiger partial charge < -0.3 is 14.2 Å². The summed E-state index contributed by atoms with van der Waals surface area (Å²) in [4.78, 5) is 4.05. The predicted molar refractivity (Wildman–Crippen MR) is 131 cm³/mol. The number of halogens is 7. The van der Waals surface area contributed by atoms with Gasteiger partial charge in [-0.05, 0) is 48.4 Å². The van der Waals surface area contributed by atoms with Gasteiger partial charge in [0.05, 0.1) is 56.2 Å². The molecule has 0 unspecified atom stereocenters. The second kappa shape index (κ2) is 12.9. The molecular weight excluding hydrogens is 545 g/mol. The van der Waals surface area contributed by atoms with Crippen molar-refractivity contribution in [2.24, 2.45) is 0 Å². The van der Waals surface area contributed by atoms with Gasteiger partial charge in [-0.2, -0.15) is 26.3 Å². The van der Waals surface area contributed by atoms with Crippen molar-refractivity contribution in [3.05, 3.63) is 70.5 Å². The molecule has 2 fully saturated rings. The van der Waals surface area contributed by atoms with Gasteiger partial charge in [-0.3, -0.25) is 9.80 Å². The van der Waals surface area contributed by atoms with E-state index in [4.69, 9.17) is 14.2 Å². The fourth-order valence-corrected chi connectivity index (χ4v) is 4.70. The molecule has 2 aliphatic heterocycles. The SMILES string of the molecule is C[C@@H](O[C@H]1OCCN(CC#CCN2CCOCC2)[C@H]1c1ccc(F)cc1)c1cc(C(F)(F)F)ccc1C(F)(F)F. The van der Waals surface area contributed by atoms with Gasteiger partial charge in [-0.15, -0.1) is 0 Å². The lowest BCUT2D eigenvalue weighted by molar-refractivity contribution is -0.229. The van der Waals surface area contributed by atoms with E-state index in [1.165, 1.54) is 31.2 Å². The molecule has 4 rings (SSSR count). The summed E-state index contributed by atoms with van der Waals surface area (Å²) in [5.74, 6) is 5.74. The van der Waals surface area contributed by atoms with Gasteiger partial charge in [0, 0.05) is 19.6 Å². The molecule has 3 atom stereocenters. The van der Waals surface area contributed by atoms with Crippen LogP contribution >= 0.6 is 0 Å². The van der Waals surface area contributed by atoms with Crippen molar-refractivity contribution in [3.63, 3.8) is 0 Å². The third-order valence-corrected chi connectivity index (χ3v) is 6.80. The molecule has 0 aromatic heterocycles. The molecule has 40 heavy (non-hydrogen) atoms. The highest BCUT2D eigenvalue weighted by molar-refractivity contribution is 5.37. The fourth-order valence-electron chi connectivity index (χ4n) is 4.70. The van der Waals surface area contributed by atoms with E-state index in [2.05, 4.69) is 16.7 Å². The van der Waals surface area contributed by atoms with Crippen LogP contribution in [0.15, 0.2) is 42.5 Å². The second-order valence-electron chi connectivity index (χ2n) is 9.52. The summed E-state index contributed by atoms with van der Waals surface area (Å²) in [6.45, 7) is 5.42. The predicted octanol–water partition coefficient (Wildman–Crippen LogP) is 5.68. The van der Waals surface area contributed by atoms with Crippen LogP contribution in [0.1, 0.15) is 41.3 Å². The average Bonchev–Trinajstić information content (AvgIpc) is 2.91. The molecule has 5 nitrogen and oxygen atoms in total. The van der Waals surface area contributed by atoms with E-state index in [0.717, 1.165) is 13.1 Å². The molecule has 0 N–H and O–H groups in total. The standard InChI is InChI=1S/C28H29F7N2O3/c1-19(23-18-21(27(30,31)32)6-9-24(23)28(33,34)35)40-26-25(20-4-7-22(29)8-5-20)37(14-17-39-26)11-3-2-10-36-12-15-38-16-13-36/h4-9,18-19,25-26H,10-17H2,1H3/t19-,25+,26-/m1/s1. The highest BCUT2D eigenvalue weighted by Gasteiger charge is 2.40. The largest absolute Gasteiger partial charge is 0.416 e. The minimum atomic E-state index is -4.90. The van der Waals surface area contributed by atoms with Gasteiger partial charge in [-0.25, -0.2) is 4.39 Å². The molecule has 0 spiro atoms. The summed E-state index contributed by atoms with van der Waals surface area (Å²) >= 11 is 0. The van der Waals surface area contributed by atoms with E-state index in [1.807, 2.05) is 4.90 Å². The Bertz CT molecular complexity index is 1190. The minimum Gasteiger partial charge on any atom is -0.379 e. The smallest absolute Gasteiger partial charge is 0.379 e. The van der Waals surface area contributed by atoms with Gasteiger partial charge in [0.25, 0.3) is 0 Å². The monoisotopic (exact) mass is 574 g/mol. The van der Waals surface area contributed by atoms with Crippen molar-refractivity contribution in [2.45, 2.75) is 37.7 Å². The molecule has 0 saturated carbocycles. The van der Waals surface area contributed by atoms with Crippen LogP contribution in [0.5, 0.6) is 0 Å². The van der Waals surface area contributed by atoms with E-state index < -0.39 is 53.3 Å². The number of morpholine rings is 2. The summed E-state index contributed by atoms with van der Waals surface area (Å²) in [6.07, 6.45) is -12.3. The van der Waals surface area contributed by atoms with Crippen LogP contribution in [0.25, 0.3) is 0 Å². The molecule has 2 aromatic carbocycles. The van der Waals surface area contributed by atoms with Crippen LogP contribution in [-0.4, -0.2) is 68.6 Å². The lowest BCUT2D eigenvalue weighted by Crippen LogP contribution is -2.47. The average molecular weight is 575 g/mol. The van der Waals surface area contributed by atoms with Crippen molar-refractivity contribution in [3.8, 4) is 11.8 Å². The van der Waals surface area contributed by atoms with E-state index >= 15 is 0 Å². The lowest BCUT2D eigenvalue weighted by atomic mass is 9.98. The Morgan fingerprint density at radius 3 is 2.23 bits per heavy atom. The van der Waals surface area contributed by atoms with E-state index in [0.29, 0.717) is 50.1 Å². The maximum Gasteiger partial charge on any atom is 0.416 e. The second-order valence-corrected chi connectivity index (χ2v) is 9.52. The first-order chi connectivity index (χ1) is 18.9. The number of hydrogen-bond acceptors (Lipinski definition) is 5. The lowest BCUT2D eigenvalue weighted by Gasteiger charge is -2.41. The van der Waals surface area contributed by atoms with Gasteiger partial charge in [0.15, 0.2) is 6.29 Å². The highest BCUT2D eigenvalue weighted by Crippen LogP contribution is 2.41. The van der Waals surface area contributed by atoms with Gasteiger partial charge in [0.1, 0.15) is 5.82 Å². The van der Waals surface area contributed by atoms with Crippen LogP contribution < -0.4 is 0 Å². The molecule has 0 aliphatic carbocycles. The number of benzene rings is 2. The molecule has 2 aliphatic rings. The Kier molecular flexibility index (Phi) is 9.74. The fraction of sp³-hybridized carbons (Fsp3) is 0.500. The van der Waals surface area contributed by atoms with Crippen molar-refractivity contribution >= 4 is 0 Å². The number of ether oxygens (including phenoxy) is 3. The van der Waals surface area contributed by atoms with Crippen LogP contribution in [0.3, 0.4) is 0 Å². The van der Waals surface area contributed by atoms with E-state index in [-0.39, 0.29) is 13.2 Å². The zero-order valence-electron chi connectivity index (χ0n) is 21.7. The summed E-state index contributed by atoms with van der Waals surface area (Å²) in [5, 5.41) is 0. The molecule has 2 saturated heterocycles. The van der Waals surface area contributed by atoms with Crippen LogP contribution in [0.2, 0.25) is 0 Å². The molecule has 2 aromatic rings. The summed E-state index contributed by atoms with van der Waals surface area (Å²) in [7, 11) is 0. The van der Waals surface area contributed by atoms with Crippen molar-refractivity contribution < 1.29 is 44.9 Å². The van der Waals surface area contributed by atoms with Gasteiger partial charge in [-0.1, -0.05) is 24.0 Å². The van der Waals surface area contributed by atoms with Crippen molar-refractivity contribution in [2.75, 3.05) is 52.5 Å². The zero-order valence-corrected chi connectivity index (χ0v) is 21.7. The first-order valence-electron chi connectivity index (χ1n) is 12.7. The number of alkyl halides is 6. The normalized spacial score (nSPS) is 22.0. The first kappa shape index (κ1) is 30.3. The highest BCUT2D eigenvalue weighted by atomic mass is 19.4. The van der Waals surface area contributed by atoms with E-state index in [9.17, 15) is 30.7 Å². The van der Waals surface area contributed by atoms with Crippen molar-refractivity contribution in [1.82, 2.24) is 9.80 Å². The van der Waals surface area contributed by atoms with Crippen molar-refractivity contribution in [1.29, 1.82) is 0 Å². The first-order valence-corrected chi connectivity index (χ1v) is 12.7. The third-order valence-electron chi connectivity index (χ3n) is 6.80. The molecule has 0 radical (unpaired) electrons. The zero-order chi connectivity index (χ0) is 28.9. The molecule has 0 bridgehead atoms. The molecule has 2 heterocycles. The van der Waals surface area contributed by atoms with E-state index in [1.54, 1.807) is 0 Å². The van der Waals surface area contributed by atoms with Gasteiger partial charge in [0.2, 0.25) is 0 Å². The topological polar surface area (TPSA) is 34.2 Å². The maximum atomic E-state index is 13.7. The minimum absolute atomic E-state index is 0.148. The molecule has 12 heteroatoms. The maximum absolute atomic E-state index is 13.7. The van der Waals surface area contributed by atoms with Crippen LogP contribution in [0, 0.1) is 17.7 Å². The Morgan fingerprint density at radius 1 is 0.900 bits per heavy atom. The summed E-state index contributed by atoms with van der Waals surface area (Å²) in [5.41, 5.74) is -2.55. The number of hydrogen-bond donors (Lipinski definition) is 0. The molecule has 0 amide bonds. The molecule has 218 valence electrons. The molecular formula is C28H29F7N2O3. The summed E-state index contributed by atoms with van der Waals surface area (Å²) < 4.78 is 112. The van der Waals surface area contributed by atoms with Crippen LogP contribution in [0.4, 0.5) is 30.7 Å². The quantitative estimate of drug-likeness (QED) is 0.328. The Balaban J connectivity index is 1.59. The Labute approximate surface area is 227 Å². The Morgan fingerprint density at radius 2 is 1.57 bits per heavy atom. The number of rotatable bonds is 6. The summed E-state index contributed by atoms with van der Waals surface area (Å²) in [6, 6.07) is 6.06. The Hall–Kier alpha value is -2.69.